The summed E-state index contributed by atoms with van der Waals surface area (Å²) in [5, 5.41) is 3.22. The van der Waals surface area contributed by atoms with Crippen molar-refractivity contribution in [1.82, 2.24) is 0 Å². The first-order valence-corrected chi connectivity index (χ1v) is 16.9. The molecule has 9 aromatic rings. The average molecular weight is 793 g/mol. The van der Waals surface area contributed by atoms with Crippen LogP contribution in [0.15, 0.2) is 107 Å². The number of benzene rings is 7. The Balaban J connectivity index is 0.000000660. The fourth-order valence-electron chi connectivity index (χ4n) is 6.89. The molecule has 0 N–H and O–H groups in total. The highest BCUT2D eigenvalue weighted by Gasteiger charge is 2.29. The molecule has 0 saturated heterocycles. The summed E-state index contributed by atoms with van der Waals surface area (Å²) in [5.41, 5.74) is -1.90. The van der Waals surface area contributed by atoms with E-state index < -0.39 is 75.1 Å². The first kappa shape index (κ1) is 38.6. The van der Waals surface area contributed by atoms with Crippen molar-refractivity contribution < 1.29 is 57.1 Å². The molecule has 0 fully saturated rings. The summed E-state index contributed by atoms with van der Waals surface area (Å²) in [5.74, 6) is -21.6. The molecule has 7 aromatic carbocycles. The molecule has 0 aliphatic carbocycles. The third-order valence-corrected chi connectivity index (χ3v) is 9.25. The van der Waals surface area contributed by atoms with E-state index in [-0.39, 0.29) is 33.1 Å². The van der Waals surface area contributed by atoms with Gasteiger partial charge in [0.15, 0.2) is 46.5 Å². The first-order valence-electron chi connectivity index (χ1n) is 16.9. The molecule has 2 nitrogen and oxygen atoms in total. The summed E-state index contributed by atoms with van der Waals surface area (Å²) in [6.07, 6.45) is 1.06. The van der Waals surface area contributed by atoms with Crippen LogP contribution in [0.4, 0.5) is 48.3 Å². The Kier molecular flexibility index (Phi) is 9.80. The molecule has 288 valence electrons. The Morgan fingerprint density at radius 3 is 1.07 bits per heavy atom. The van der Waals surface area contributed by atoms with Gasteiger partial charge in [0.2, 0.25) is 11.6 Å². The van der Waals surface area contributed by atoms with Crippen LogP contribution in [0.2, 0.25) is 0 Å². The van der Waals surface area contributed by atoms with Crippen LogP contribution in [0.1, 0.15) is 13.8 Å². The second-order valence-electron chi connectivity index (χ2n) is 12.3. The van der Waals surface area contributed by atoms with Gasteiger partial charge in [0.25, 0.3) is 0 Å². The predicted octanol–water partition coefficient (Wildman–Crippen LogP) is 15.2. The fraction of sp³-hybridized carbons (Fsp3) is 0.0455. The molecule has 0 bridgehead atoms. The Morgan fingerprint density at radius 2 is 0.754 bits per heavy atom. The van der Waals surface area contributed by atoms with Gasteiger partial charge in [-0.15, -0.1) is 0 Å². The maximum atomic E-state index is 14.9. The maximum absolute atomic E-state index is 14.9. The predicted molar refractivity (Wildman–Crippen MR) is 198 cm³/mol. The van der Waals surface area contributed by atoms with Crippen LogP contribution >= 0.6 is 0 Å². The minimum absolute atomic E-state index is 0.198. The quantitative estimate of drug-likeness (QED) is 0.0445. The van der Waals surface area contributed by atoms with Crippen molar-refractivity contribution in [3.63, 3.8) is 0 Å². The SMILES string of the molecule is C=CC(=C)F.CC.Fc1c(F)c(F)c(-c2ccc3oc4cccc5c4c(c3c2)c2cccc3oc4ccc(-c6c(F)c(F)c(F)c(F)c6F)cc4c5c32)c(F)c1F. The number of fused-ring (bicyclic) bond motifs is 6. The summed E-state index contributed by atoms with van der Waals surface area (Å²) >= 11 is 0. The zero-order chi connectivity index (χ0) is 41.2. The number of rotatable bonds is 3. The van der Waals surface area contributed by atoms with Gasteiger partial charge >= 0.3 is 0 Å². The summed E-state index contributed by atoms with van der Waals surface area (Å²) in [7, 11) is 0. The van der Waals surface area contributed by atoms with Crippen LogP contribution in [0.3, 0.4) is 0 Å². The molecule has 0 unspecified atom stereocenters. The molecular weight excluding hydrogens is 769 g/mol. The topological polar surface area (TPSA) is 26.3 Å². The van der Waals surface area contributed by atoms with E-state index in [2.05, 4.69) is 13.2 Å². The van der Waals surface area contributed by atoms with E-state index in [4.69, 9.17) is 8.83 Å². The molecule has 0 radical (unpaired) electrons. The molecule has 0 aliphatic heterocycles. The molecular formula is C44H23F11O2. The van der Waals surface area contributed by atoms with Gasteiger partial charge in [-0.3, -0.25) is 0 Å². The number of allylic oxidation sites excluding steroid dienone is 2. The Morgan fingerprint density at radius 1 is 0.439 bits per heavy atom. The Hall–Kier alpha value is -6.63. The van der Waals surface area contributed by atoms with Crippen LogP contribution < -0.4 is 0 Å². The van der Waals surface area contributed by atoms with Crippen molar-refractivity contribution in [3.05, 3.63) is 156 Å². The molecule has 0 atom stereocenters. The fourth-order valence-corrected chi connectivity index (χ4v) is 6.89. The second kappa shape index (κ2) is 14.5. The molecule has 2 aromatic heterocycles. The lowest BCUT2D eigenvalue weighted by Gasteiger charge is -2.18. The van der Waals surface area contributed by atoms with Crippen LogP contribution in [0, 0.1) is 58.2 Å². The summed E-state index contributed by atoms with van der Waals surface area (Å²) in [6, 6.07) is 17.4. The first-order chi connectivity index (χ1) is 27.2. The molecule has 13 heteroatoms. The maximum Gasteiger partial charge on any atom is 0.200 e. The van der Waals surface area contributed by atoms with E-state index in [1.807, 2.05) is 13.8 Å². The van der Waals surface area contributed by atoms with Crippen LogP contribution in [0.25, 0.3) is 87.7 Å². The van der Waals surface area contributed by atoms with Crippen molar-refractivity contribution in [3.8, 4) is 22.3 Å². The zero-order valence-electron chi connectivity index (χ0n) is 29.4. The molecule has 0 saturated carbocycles. The van der Waals surface area contributed by atoms with Gasteiger partial charge in [0.1, 0.15) is 28.2 Å². The smallest absolute Gasteiger partial charge is 0.200 e. The number of halogens is 11. The van der Waals surface area contributed by atoms with Crippen molar-refractivity contribution in [2.75, 3.05) is 0 Å². The molecule has 57 heavy (non-hydrogen) atoms. The van der Waals surface area contributed by atoms with E-state index >= 15 is 0 Å². The summed E-state index contributed by atoms with van der Waals surface area (Å²) in [4.78, 5) is 0. The van der Waals surface area contributed by atoms with Crippen molar-refractivity contribution in [2.24, 2.45) is 0 Å². The molecule has 0 spiro atoms. The van der Waals surface area contributed by atoms with E-state index in [1.54, 1.807) is 36.4 Å². The zero-order valence-corrected chi connectivity index (χ0v) is 29.4. The highest BCUT2D eigenvalue weighted by atomic mass is 19.2. The molecule has 2 heterocycles. The van der Waals surface area contributed by atoms with Crippen molar-refractivity contribution in [2.45, 2.75) is 13.8 Å². The lowest BCUT2D eigenvalue weighted by atomic mass is 9.89. The van der Waals surface area contributed by atoms with Gasteiger partial charge < -0.3 is 8.83 Å². The molecule has 9 rings (SSSR count). The Labute approximate surface area is 314 Å². The lowest BCUT2D eigenvalue weighted by molar-refractivity contribution is 0.381. The normalized spacial score (nSPS) is 11.4. The summed E-state index contributed by atoms with van der Waals surface area (Å²) in [6.45, 7) is 9.97. The third kappa shape index (κ3) is 5.87. The van der Waals surface area contributed by atoms with Gasteiger partial charge in [-0.25, -0.2) is 48.3 Å². The monoisotopic (exact) mass is 792 g/mol. The lowest BCUT2D eigenvalue weighted by Crippen LogP contribution is -2.04. The highest BCUT2D eigenvalue weighted by molar-refractivity contribution is 6.39. The summed E-state index contributed by atoms with van der Waals surface area (Å²) < 4.78 is 168. The molecule has 0 aliphatic rings. The average Bonchev–Trinajstić information content (AvgIpc) is 3.22. The highest BCUT2D eigenvalue weighted by Crippen LogP contribution is 2.47. The van der Waals surface area contributed by atoms with Gasteiger partial charge in [0, 0.05) is 32.3 Å². The van der Waals surface area contributed by atoms with Crippen molar-refractivity contribution in [1.29, 1.82) is 0 Å². The standard InChI is InChI=1S/C38H12F10O2.C4H5F.C2H6/c39-29-23(30(40)34(44)37(47)33(29)43)13-8-10-20-17(11-13)25-15-3-1-5-21-27(15)26(16-4-2-6-22(50-20)28(16)25)18-12-14(7-9-19(18)49-21)24-31(41)35(45)38(48)36(46)32(24)42;1-3-4(2)5;1-2/h1-12H;3H,1-2H2;1-2H3. The van der Waals surface area contributed by atoms with Gasteiger partial charge in [-0.05, 0) is 64.4 Å². The number of hydrogen-bond acceptors (Lipinski definition) is 2. The van der Waals surface area contributed by atoms with Crippen LogP contribution in [0.5, 0.6) is 0 Å². The van der Waals surface area contributed by atoms with Crippen LogP contribution in [-0.2, 0) is 0 Å². The largest absolute Gasteiger partial charge is 0.456 e. The van der Waals surface area contributed by atoms with E-state index in [9.17, 15) is 48.3 Å². The third-order valence-electron chi connectivity index (χ3n) is 9.25. The van der Waals surface area contributed by atoms with Crippen LogP contribution in [-0.4, -0.2) is 0 Å². The number of hydrogen-bond donors (Lipinski definition) is 0. The van der Waals surface area contributed by atoms with E-state index in [0.717, 1.165) is 18.2 Å². The van der Waals surface area contributed by atoms with E-state index in [1.165, 1.54) is 24.3 Å². The van der Waals surface area contributed by atoms with Crippen molar-refractivity contribution >= 4 is 65.4 Å². The van der Waals surface area contributed by atoms with Gasteiger partial charge in [0.05, 0.1) is 11.1 Å². The Bertz CT molecular complexity index is 2900. The molecule has 0 amide bonds. The van der Waals surface area contributed by atoms with E-state index in [0.29, 0.717) is 43.5 Å². The van der Waals surface area contributed by atoms with Gasteiger partial charge in [-0.1, -0.05) is 63.4 Å². The second-order valence-corrected chi connectivity index (χ2v) is 12.3. The minimum atomic E-state index is -2.30. The van der Waals surface area contributed by atoms with Gasteiger partial charge in [-0.2, -0.15) is 0 Å². The minimum Gasteiger partial charge on any atom is -0.456 e.